The van der Waals surface area contributed by atoms with Crippen LogP contribution in [0, 0.1) is 0 Å². The van der Waals surface area contributed by atoms with Crippen LogP contribution in [0.1, 0.15) is 11.8 Å². The Bertz CT molecular complexity index is 689. The zero-order chi connectivity index (χ0) is 18.2. The standard InChI is InChI=1S/C18H22ClN3O2S/c1-13(18(24)20-10-9-16-4-3-11-25-16)22(2)12-17(23)21-15-7-5-14(19)6-8-15/h3-8,11,13H,9-10,12H2,1-2H3,(H,20,24)(H,21,23)/t13-/m0/s1. The molecule has 1 heterocycles. The van der Waals surface area contributed by atoms with Crippen LogP contribution in [-0.4, -0.2) is 42.9 Å². The van der Waals surface area contributed by atoms with Gasteiger partial charge in [-0.3, -0.25) is 14.5 Å². The summed E-state index contributed by atoms with van der Waals surface area (Å²) in [6.45, 7) is 2.51. The molecule has 0 bridgehead atoms. The molecule has 0 fully saturated rings. The van der Waals surface area contributed by atoms with E-state index in [1.54, 1.807) is 54.5 Å². The zero-order valence-electron chi connectivity index (χ0n) is 14.3. The minimum absolute atomic E-state index is 0.0849. The number of nitrogens with zero attached hydrogens (tertiary/aromatic N) is 1. The topological polar surface area (TPSA) is 61.4 Å². The molecule has 2 aromatic rings. The number of amides is 2. The van der Waals surface area contributed by atoms with E-state index in [4.69, 9.17) is 11.6 Å². The third kappa shape index (κ3) is 6.49. The van der Waals surface area contributed by atoms with Crippen LogP contribution in [0.25, 0.3) is 0 Å². The van der Waals surface area contributed by atoms with Crippen molar-refractivity contribution in [2.24, 2.45) is 0 Å². The maximum Gasteiger partial charge on any atom is 0.238 e. The fourth-order valence-corrected chi connectivity index (χ4v) is 3.04. The van der Waals surface area contributed by atoms with E-state index >= 15 is 0 Å². The van der Waals surface area contributed by atoms with Gasteiger partial charge in [0.25, 0.3) is 0 Å². The number of carbonyl (C=O) groups excluding carboxylic acids is 2. The SMILES string of the molecule is C[C@@H](C(=O)NCCc1cccs1)N(C)CC(=O)Nc1ccc(Cl)cc1. The number of nitrogens with one attached hydrogen (secondary N) is 2. The lowest BCUT2D eigenvalue weighted by atomic mass is 10.2. The highest BCUT2D eigenvalue weighted by Crippen LogP contribution is 2.13. The predicted molar refractivity (Wildman–Crippen MR) is 103 cm³/mol. The van der Waals surface area contributed by atoms with E-state index in [9.17, 15) is 9.59 Å². The monoisotopic (exact) mass is 379 g/mol. The maximum atomic E-state index is 12.2. The molecule has 5 nitrogen and oxygen atoms in total. The molecule has 1 atom stereocenters. The molecule has 2 N–H and O–H groups in total. The summed E-state index contributed by atoms with van der Waals surface area (Å²) in [4.78, 5) is 27.2. The molecule has 0 aliphatic rings. The van der Waals surface area contributed by atoms with Gasteiger partial charge in [-0.05, 0) is 56.1 Å². The van der Waals surface area contributed by atoms with Gasteiger partial charge in [-0.2, -0.15) is 0 Å². The second-order valence-corrected chi connectivity index (χ2v) is 7.24. The van der Waals surface area contributed by atoms with Crippen LogP contribution in [0.2, 0.25) is 5.02 Å². The third-order valence-electron chi connectivity index (χ3n) is 3.81. The van der Waals surface area contributed by atoms with E-state index in [1.165, 1.54) is 4.88 Å². The number of benzene rings is 1. The van der Waals surface area contributed by atoms with Crippen LogP contribution in [0.15, 0.2) is 41.8 Å². The summed E-state index contributed by atoms with van der Waals surface area (Å²) in [5.74, 6) is -0.263. The minimum Gasteiger partial charge on any atom is -0.354 e. The molecule has 0 aliphatic carbocycles. The highest BCUT2D eigenvalue weighted by molar-refractivity contribution is 7.09. The number of halogens is 1. The van der Waals surface area contributed by atoms with Gasteiger partial charge in [0.05, 0.1) is 12.6 Å². The lowest BCUT2D eigenvalue weighted by Crippen LogP contribution is -2.46. The first kappa shape index (κ1) is 19.4. The Hall–Kier alpha value is -1.89. The molecule has 0 saturated carbocycles. The van der Waals surface area contributed by atoms with Gasteiger partial charge in [-0.15, -0.1) is 11.3 Å². The molecule has 0 unspecified atom stereocenters. The number of hydrogen-bond acceptors (Lipinski definition) is 4. The number of thiophene rings is 1. The van der Waals surface area contributed by atoms with Crippen molar-refractivity contribution in [3.05, 3.63) is 51.7 Å². The lowest BCUT2D eigenvalue weighted by Gasteiger charge is -2.23. The largest absolute Gasteiger partial charge is 0.354 e. The molecular weight excluding hydrogens is 358 g/mol. The van der Waals surface area contributed by atoms with E-state index < -0.39 is 0 Å². The van der Waals surface area contributed by atoms with Crippen molar-refractivity contribution in [2.45, 2.75) is 19.4 Å². The molecular formula is C18H22ClN3O2S. The molecule has 0 saturated heterocycles. The van der Waals surface area contributed by atoms with Crippen molar-refractivity contribution in [1.82, 2.24) is 10.2 Å². The van der Waals surface area contributed by atoms with E-state index in [-0.39, 0.29) is 24.4 Å². The summed E-state index contributed by atoms with van der Waals surface area (Å²) >= 11 is 7.49. The summed E-state index contributed by atoms with van der Waals surface area (Å²) < 4.78 is 0. The minimum atomic E-state index is -0.390. The Kier molecular flexibility index (Phi) is 7.43. The van der Waals surface area contributed by atoms with Crippen molar-refractivity contribution in [3.8, 4) is 0 Å². The van der Waals surface area contributed by atoms with Gasteiger partial charge < -0.3 is 10.6 Å². The van der Waals surface area contributed by atoms with Gasteiger partial charge in [-0.25, -0.2) is 0 Å². The zero-order valence-corrected chi connectivity index (χ0v) is 15.9. The molecule has 7 heteroatoms. The second-order valence-electron chi connectivity index (χ2n) is 5.77. The van der Waals surface area contributed by atoms with Gasteiger partial charge in [-0.1, -0.05) is 17.7 Å². The molecule has 2 rings (SSSR count). The van der Waals surface area contributed by atoms with Crippen LogP contribution in [0.5, 0.6) is 0 Å². The van der Waals surface area contributed by atoms with Gasteiger partial charge in [0.15, 0.2) is 0 Å². The van der Waals surface area contributed by atoms with Crippen LogP contribution in [0.3, 0.4) is 0 Å². The Labute approximate surface area is 157 Å². The lowest BCUT2D eigenvalue weighted by molar-refractivity contribution is -0.126. The Morgan fingerprint density at radius 2 is 1.96 bits per heavy atom. The second kappa shape index (κ2) is 9.56. The molecule has 1 aromatic carbocycles. The van der Waals surface area contributed by atoms with E-state index in [0.717, 1.165) is 6.42 Å². The van der Waals surface area contributed by atoms with Crippen molar-refractivity contribution in [3.63, 3.8) is 0 Å². The van der Waals surface area contributed by atoms with Crippen molar-refractivity contribution >= 4 is 40.4 Å². The van der Waals surface area contributed by atoms with Crippen molar-refractivity contribution in [2.75, 3.05) is 25.5 Å². The van der Waals surface area contributed by atoms with E-state index in [1.807, 2.05) is 17.5 Å². The predicted octanol–water partition coefficient (Wildman–Crippen LogP) is 3.02. The average Bonchev–Trinajstić information content (AvgIpc) is 3.09. The van der Waals surface area contributed by atoms with Crippen LogP contribution in [-0.2, 0) is 16.0 Å². The summed E-state index contributed by atoms with van der Waals surface area (Å²) in [5.41, 5.74) is 0.677. The van der Waals surface area contributed by atoms with Crippen LogP contribution >= 0.6 is 22.9 Å². The van der Waals surface area contributed by atoms with Crippen LogP contribution < -0.4 is 10.6 Å². The van der Waals surface area contributed by atoms with Gasteiger partial charge in [0, 0.05) is 22.1 Å². The van der Waals surface area contributed by atoms with E-state index in [0.29, 0.717) is 17.3 Å². The first-order chi connectivity index (χ1) is 12.0. The third-order valence-corrected chi connectivity index (χ3v) is 5.00. The Balaban J connectivity index is 1.74. The first-order valence-electron chi connectivity index (χ1n) is 8.01. The van der Waals surface area contributed by atoms with Crippen molar-refractivity contribution < 1.29 is 9.59 Å². The molecule has 0 aliphatic heterocycles. The van der Waals surface area contributed by atoms with Gasteiger partial charge in [0.1, 0.15) is 0 Å². The number of rotatable bonds is 8. The highest BCUT2D eigenvalue weighted by atomic mass is 35.5. The fourth-order valence-electron chi connectivity index (χ4n) is 2.21. The van der Waals surface area contributed by atoms with E-state index in [2.05, 4.69) is 10.6 Å². The highest BCUT2D eigenvalue weighted by Gasteiger charge is 2.19. The quantitative estimate of drug-likeness (QED) is 0.741. The number of carbonyl (C=O) groups is 2. The molecule has 25 heavy (non-hydrogen) atoms. The summed E-state index contributed by atoms with van der Waals surface area (Å²) in [5, 5.41) is 8.33. The number of hydrogen-bond donors (Lipinski definition) is 2. The molecule has 0 spiro atoms. The van der Waals surface area contributed by atoms with Gasteiger partial charge >= 0.3 is 0 Å². The Morgan fingerprint density at radius 3 is 2.60 bits per heavy atom. The summed E-state index contributed by atoms with van der Waals surface area (Å²) in [6, 6.07) is 10.6. The van der Waals surface area contributed by atoms with Crippen LogP contribution in [0.4, 0.5) is 5.69 Å². The summed E-state index contributed by atoms with van der Waals surface area (Å²) in [7, 11) is 1.75. The van der Waals surface area contributed by atoms with Gasteiger partial charge in [0.2, 0.25) is 11.8 Å². The maximum absolute atomic E-state index is 12.2. The smallest absolute Gasteiger partial charge is 0.238 e. The molecule has 0 radical (unpaired) electrons. The molecule has 134 valence electrons. The van der Waals surface area contributed by atoms with Crippen molar-refractivity contribution in [1.29, 1.82) is 0 Å². The fraction of sp³-hybridized carbons (Fsp3) is 0.333. The number of likely N-dealkylation sites (N-methyl/N-ethyl adjacent to an activating group) is 1. The molecule has 2 amide bonds. The Morgan fingerprint density at radius 1 is 1.24 bits per heavy atom. The number of anilines is 1. The average molecular weight is 380 g/mol. The normalized spacial score (nSPS) is 12.0. The summed E-state index contributed by atoms with van der Waals surface area (Å²) in [6.07, 6.45) is 0.816. The first-order valence-corrected chi connectivity index (χ1v) is 9.27. The molecule has 1 aromatic heterocycles.